The molecule has 6 nitrogen and oxygen atoms in total. The molecule has 0 aliphatic heterocycles. The Morgan fingerprint density at radius 3 is 2.03 bits per heavy atom. The third kappa shape index (κ3) is 5.42. The van der Waals surface area contributed by atoms with Crippen molar-refractivity contribution in [1.82, 2.24) is 4.57 Å². The molecule has 0 aliphatic rings. The van der Waals surface area contributed by atoms with Gasteiger partial charge in [-0.05, 0) is 0 Å². The Balaban J connectivity index is 1.85. The minimum absolute atomic E-state index is 0.0725. The van der Waals surface area contributed by atoms with Crippen molar-refractivity contribution in [2.45, 2.75) is 4.90 Å². The summed E-state index contributed by atoms with van der Waals surface area (Å²) in [7, 11) is -9.85. The number of rotatable bonds is 5. The van der Waals surface area contributed by atoms with Gasteiger partial charge in [-0.1, -0.05) is 0 Å². The Morgan fingerprint density at radius 1 is 0.886 bits per heavy atom. The third-order valence-corrected chi connectivity index (χ3v) is 7.74. The average Bonchev–Trinajstić information content (AvgIpc) is 3.21. The number of carbonyl (C=O) groups excluding carboxylic acids is 1. The standard InChI is InChI=1S/C22H14F5N3O3SSe/c23-34(24,25,26,27)19-12-10-17(11-13-19)29-20(15-4-2-1-3-5-15)14-35-22(29)28-21(31)16-6-8-18(9-7-16)30(32)33/h1-14H. The maximum absolute atomic E-state index is 13.2. The van der Waals surface area contributed by atoms with Crippen molar-refractivity contribution >= 4 is 36.3 Å². The zero-order valence-electron chi connectivity index (χ0n) is 17.4. The second-order valence-corrected chi connectivity index (χ2v) is 11.5. The van der Waals surface area contributed by atoms with Crippen LogP contribution in [-0.2, 0) is 0 Å². The molecule has 0 saturated heterocycles. The van der Waals surface area contributed by atoms with Crippen molar-refractivity contribution < 1.29 is 29.1 Å². The second-order valence-electron chi connectivity index (χ2n) is 7.29. The van der Waals surface area contributed by atoms with Gasteiger partial charge in [-0.15, -0.1) is 0 Å². The molecule has 182 valence electrons. The van der Waals surface area contributed by atoms with Crippen LogP contribution in [0.1, 0.15) is 10.4 Å². The molecular formula is C22H14F5N3O3SSe. The van der Waals surface area contributed by atoms with E-state index in [4.69, 9.17) is 0 Å². The molecule has 0 spiro atoms. The number of benzene rings is 3. The quantitative estimate of drug-likeness (QED) is 0.118. The molecule has 0 saturated carbocycles. The first-order valence-electron chi connectivity index (χ1n) is 9.67. The Hall–Kier alpha value is -3.54. The van der Waals surface area contributed by atoms with Crippen molar-refractivity contribution in [1.29, 1.82) is 0 Å². The minimum atomic E-state index is -9.85. The van der Waals surface area contributed by atoms with Crippen LogP contribution in [0.25, 0.3) is 16.9 Å². The summed E-state index contributed by atoms with van der Waals surface area (Å²) in [6, 6.07) is 16.0. The van der Waals surface area contributed by atoms with Gasteiger partial charge in [0.2, 0.25) is 0 Å². The van der Waals surface area contributed by atoms with E-state index in [1.54, 1.807) is 35.3 Å². The van der Waals surface area contributed by atoms with E-state index in [0.717, 1.165) is 24.3 Å². The Morgan fingerprint density at radius 2 is 1.49 bits per heavy atom. The van der Waals surface area contributed by atoms with Gasteiger partial charge in [0.1, 0.15) is 0 Å². The summed E-state index contributed by atoms with van der Waals surface area (Å²) < 4.78 is 67.5. The van der Waals surface area contributed by atoms with E-state index in [9.17, 15) is 34.3 Å². The fourth-order valence-corrected chi connectivity index (χ4v) is 5.72. The summed E-state index contributed by atoms with van der Waals surface area (Å²) in [6.07, 6.45) is 0. The van der Waals surface area contributed by atoms with Gasteiger partial charge in [-0.3, -0.25) is 0 Å². The Bertz CT molecular complexity index is 1500. The monoisotopic (exact) mass is 575 g/mol. The summed E-state index contributed by atoms with van der Waals surface area (Å²) in [5.41, 5.74) is 1.18. The first-order valence-corrected chi connectivity index (χ1v) is 13.5. The molecule has 1 aromatic heterocycles. The predicted molar refractivity (Wildman–Crippen MR) is 123 cm³/mol. The van der Waals surface area contributed by atoms with Crippen LogP contribution in [0.15, 0.2) is 93.7 Å². The number of nitrogens with zero attached hydrogens (tertiary/aromatic N) is 3. The summed E-state index contributed by atoms with van der Waals surface area (Å²) in [6.45, 7) is 0. The summed E-state index contributed by atoms with van der Waals surface area (Å²) in [5, 5.41) is 10.8. The average molecular weight is 574 g/mol. The summed E-state index contributed by atoms with van der Waals surface area (Å²) in [4.78, 5) is 26.8. The topological polar surface area (TPSA) is 77.5 Å². The summed E-state index contributed by atoms with van der Waals surface area (Å²) in [5.74, 6) is -0.715. The number of nitro groups is 1. The number of amides is 1. The fraction of sp³-hybridized carbons (Fsp3) is 0. The molecule has 35 heavy (non-hydrogen) atoms. The van der Waals surface area contributed by atoms with Crippen LogP contribution in [0.4, 0.5) is 25.1 Å². The predicted octanol–water partition coefficient (Wildman–Crippen LogP) is 6.51. The zero-order chi connectivity index (χ0) is 25.5. The molecule has 4 aromatic rings. The molecule has 0 unspecified atom stereocenters. The van der Waals surface area contributed by atoms with E-state index in [-0.39, 0.29) is 21.3 Å². The number of non-ortho nitro benzene ring substituents is 1. The van der Waals surface area contributed by atoms with E-state index >= 15 is 0 Å². The van der Waals surface area contributed by atoms with Gasteiger partial charge in [0.15, 0.2) is 0 Å². The van der Waals surface area contributed by atoms with Gasteiger partial charge in [0.25, 0.3) is 0 Å². The van der Waals surface area contributed by atoms with Crippen molar-refractivity contribution in [3.05, 3.63) is 104 Å². The molecule has 0 fully saturated rings. The Labute approximate surface area is 200 Å². The van der Waals surface area contributed by atoms with Gasteiger partial charge < -0.3 is 0 Å². The summed E-state index contributed by atoms with van der Waals surface area (Å²) >= 11 is -0.527. The van der Waals surface area contributed by atoms with Crippen molar-refractivity contribution in [2.75, 3.05) is 0 Å². The van der Waals surface area contributed by atoms with Gasteiger partial charge in [-0.2, -0.15) is 0 Å². The molecule has 1 amide bonds. The van der Waals surface area contributed by atoms with Gasteiger partial charge >= 0.3 is 201 Å². The number of carbonyl (C=O) groups is 1. The second kappa shape index (κ2) is 8.01. The number of halogens is 5. The van der Waals surface area contributed by atoms with E-state index in [0.29, 0.717) is 23.4 Å². The molecule has 0 radical (unpaired) electrons. The SMILES string of the molecule is O=C(N=c1[se]cc(-c2ccccc2)n1-c1ccc(S(F)(F)(F)(F)F)cc1)c1ccc([N+](=O)[O-])cc1. The van der Waals surface area contributed by atoms with Crippen LogP contribution >= 0.6 is 10.2 Å². The first-order chi connectivity index (χ1) is 16.2. The van der Waals surface area contributed by atoms with E-state index < -0.39 is 40.5 Å². The van der Waals surface area contributed by atoms with Crippen LogP contribution in [0.2, 0.25) is 0 Å². The van der Waals surface area contributed by atoms with Crippen LogP contribution in [0.5, 0.6) is 0 Å². The van der Waals surface area contributed by atoms with E-state index in [1.807, 2.05) is 0 Å². The van der Waals surface area contributed by atoms with Crippen molar-refractivity contribution in [3.63, 3.8) is 0 Å². The maximum atomic E-state index is 13.2. The molecule has 3 aromatic carbocycles. The number of nitro benzene ring substituents is 1. The van der Waals surface area contributed by atoms with Gasteiger partial charge in [0, 0.05) is 0 Å². The van der Waals surface area contributed by atoms with Crippen LogP contribution in [-0.4, -0.2) is 29.9 Å². The zero-order valence-corrected chi connectivity index (χ0v) is 19.9. The molecule has 4 rings (SSSR count). The van der Waals surface area contributed by atoms with E-state index in [2.05, 4.69) is 4.99 Å². The Kier molecular flexibility index (Phi) is 5.62. The molecule has 0 N–H and O–H groups in total. The molecular weight excluding hydrogens is 560 g/mol. The number of hydrogen-bond donors (Lipinski definition) is 0. The number of aromatic nitrogens is 1. The van der Waals surface area contributed by atoms with Gasteiger partial charge in [-0.25, -0.2) is 0 Å². The van der Waals surface area contributed by atoms with Crippen molar-refractivity contribution in [2.24, 2.45) is 4.99 Å². The number of hydrogen-bond acceptors (Lipinski definition) is 3. The molecule has 0 atom stereocenters. The van der Waals surface area contributed by atoms with Crippen LogP contribution in [0.3, 0.4) is 0 Å². The fourth-order valence-electron chi connectivity index (χ4n) is 3.18. The van der Waals surface area contributed by atoms with Crippen molar-refractivity contribution in [3.8, 4) is 16.9 Å². The van der Waals surface area contributed by atoms with E-state index in [1.165, 1.54) is 16.7 Å². The van der Waals surface area contributed by atoms with Crippen LogP contribution in [0, 0.1) is 10.1 Å². The molecule has 0 aliphatic carbocycles. The normalized spacial score (nSPS) is 14.3. The molecule has 1 heterocycles. The van der Waals surface area contributed by atoms with Crippen LogP contribution < -0.4 is 4.36 Å². The van der Waals surface area contributed by atoms with Gasteiger partial charge in [0.05, 0.1) is 0 Å². The third-order valence-electron chi connectivity index (χ3n) is 4.84. The first kappa shape index (κ1) is 24.6. The molecule has 13 heteroatoms. The molecule has 0 bridgehead atoms.